The van der Waals surface area contributed by atoms with Crippen LogP contribution in [0.15, 0.2) is 17.5 Å². The molecule has 3 heteroatoms. The SMILES string of the molecule is COc1ccc(C)c2c(F)csc12. The molecule has 1 nitrogen and oxygen atoms in total. The minimum absolute atomic E-state index is 0.156. The summed E-state index contributed by atoms with van der Waals surface area (Å²) in [5.41, 5.74) is 0.953. The zero-order valence-electron chi connectivity index (χ0n) is 7.43. The number of benzene rings is 1. The van der Waals surface area contributed by atoms with Crippen molar-refractivity contribution in [3.8, 4) is 5.75 Å². The average Bonchev–Trinajstić information content (AvgIpc) is 2.50. The normalized spacial score (nSPS) is 10.7. The predicted molar refractivity (Wildman–Crippen MR) is 53.1 cm³/mol. The molecule has 0 radical (unpaired) electrons. The third kappa shape index (κ3) is 1.20. The molecule has 13 heavy (non-hydrogen) atoms. The molecule has 0 fully saturated rings. The van der Waals surface area contributed by atoms with Crippen molar-refractivity contribution in [1.29, 1.82) is 0 Å². The number of hydrogen-bond donors (Lipinski definition) is 0. The maximum Gasteiger partial charge on any atom is 0.142 e. The Kier molecular flexibility index (Phi) is 1.96. The molecule has 1 heterocycles. The molecule has 0 aliphatic heterocycles. The van der Waals surface area contributed by atoms with Crippen LogP contribution in [0.3, 0.4) is 0 Å². The van der Waals surface area contributed by atoms with Crippen LogP contribution in [-0.2, 0) is 0 Å². The molecule has 0 amide bonds. The minimum Gasteiger partial charge on any atom is -0.495 e. The molecule has 0 N–H and O–H groups in total. The van der Waals surface area contributed by atoms with Crippen molar-refractivity contribution < 1.29 is 9.13 Å². The average molecular weight is 196 g/mol. The molecule has 0 aliphatic rings. The molecule has 68 valence electrons. The fourth-order valence-corrected chi connectivity index (χ4v) is 2.39. The zero-order valence-corrected chi connectivity index (χ0v) is 8.24. The molecular weight excluding hydrogens is 187 g/mol. The maximum absolute atomic E-state index is 13.3. The molecule has 0 bridgehead atoms. The summed E-state index contributed by atoms with van der Waals surface area (Å²) < 4.78 is 19.3. The van der Waals surface area contributed by atoms with E-state index < -0.39 is 0 Å². The van der Waals surface area contributed by atoms with Gasteiger partial charge in [-0.15, -0.1) is 11.3 Å². The van der Waals surface area contributed by atoms with Crippen LogP contribution in [0.25, 0.3) is 10.1 Å². The largest absolute Gasteiger partial charge is 0.495 e. The summed E-state index contributed by atoms with van der Waals surface area (Å²) >= 11 is 1.38. The molecule has 2 rings (SSSR count). The van der Waals surface area contributed by atoms with Gasteiger partial charge in [-0.25, -0.2) is 4.39 Å². The van der Waals surface area contributed by atoms with Gasteiger partial charge >= 0.3 is 0 Å². The van der Waals surface area contributed by atoms with Gasteiger partial charge in [0, 0.05) is 10.8 Å². The highest BCUT2D eigenvalue weighted by atomic mass is 32.1. The van der Waals surface area contributed by atoms with Gasteiger partial charge in [0.1, 0.15) is 11.6 Å². The van der Waals surface area contributed by atoms with Crippen LogP contribution in [0.4, 0.5) is 4.39 Å². The van der Waals surface area contributed by atoms with E-state index >= 15 is 0 Å². The third-order valence-corrected chi connectivity index (χ3v) is 3.03. The van der Waals surface area contributed by atoms with Crippen LogP contribution in [0, 0.1) is 12.7 Å². The van der Waals surface area contributed by atoms with Gasteiger partial charge in [0.05, 0.1) is 11.8 Å². The van der Waals surface area contributed by atoms with E-state index in [0.29, 0.717) is 5.39 Å². The molecule has 0 spiro atoms. The van der Waals surface area contributed by atoms with E-state index in [1.54, 1.807) is 7.11 Å². The number of hydrogen-bond acceptors (Lipinski definition) is 2. The van der Waals surface area contributed by atoms with Crippen LogP contribution in [-0.4, -0.2) is 7.11 Å². The fourth-order valence-electron chi connectivity index (χ4n) is 1.41. The topological polar surface area (TPSA) is 9.23 Å². The van der Waals surface area contributed by atoms with E-state index in [4.69, 9.17) is 4.74 Å². The fraction of sp³-hybridized carbons (Fsp3) is 0.200. The smallest absolute Gasteiger partial charge is 0.142 e. The van der Waals surface area contributed by atoms with E-state index in [-0.39, 0.29) is 5.82 Å². The van der Waals surface area contributed by atoms with Gasteiger partial charge in [0.2, 0.25) is 0 Å². The van der Waals surface area contributed by atoms with E-state index in [2.05, 4.69) is 0 Å². The molecule has 1 aromatic carbocycles. The second-order valence-electron chi connectivity index (χ2n) is 2.87. The Bertz CT molecular complexity index is 447. The number of thiophene rings is 1. The standard InChI is InChI=1S/C10H9FOS/c1-6-3-4-8(12-2)10-9(6)7(11)5-13-10/h3-5H,1-2H3. The van der Waals surface area contributed by atoms with E-state index in [0.717, 1.165) is 16.0 Å². The van der Waals surface area contributed by atoms with Crippen LogP contribution in [0.1, 0.15) is 5.56 Å². The van der Waals surface area contributed by atoms with Gasteiger partial charge < -0.3 is 4.74 Å². The number of aryl methyl sites for hydroxylation is 1. The van der Waals surface area contributed by atoms with Gasteiger partial charge in [-0.3, -0.25) is 0 Å². The minimum atomic E-state index is -0.156. The van der Waals surface area contributed by atoms with Crippen molar-refractivity contribution >= 4 is 21.4 Å². The lowest BCUT2D eigenvalue weighted by atomic mass is 10.1. The molecule has 0 saturated carbocycles. The third-order valence-electron chi connectivity index (χ3n) is 2.07. The lowest BCUT2D eigenvalue weighted by molar-refractivity contribution is 0.420. The van der Waals surface area contributed by atoms with Crippen LogP contribution >= 0.6 is 11.3 Å². The summed E-state index contributed by atoms with van der Waals surface area (Å²) in [7, 11) is 1.60. The van der Waals surface area contributed by atoms with Gasteiger partial charge in [-0.05, 0) is 18.6 Å². The number of methoxy groups -OCH3 is 1. The molecule has 0 atom stereocenters. The summed E-state index contributed by atoms with van der Waals surface area (Å²) in [6.45, 7) is 1.90. The quantitative estimate of drug-likeness (QED) is 0.679. The maximum atomic E-state index is 13.3. The Morgan fingerprint density at radius 3 is 2.85 bits per heavy atom. The van der Waals surface area contributed by atoms with Crippen molar-refractivity contribution in [2.24, 2.45) is 0 Å². The second-order valence-corrected chi connectivity index (χ2v) is 3.75. The first kappa shape index (κ1) is 8.51. The first-order valence-electron chi connectivity index (χ1n) is 3.94. The summed E-state index contributed by atoms with van der Waals surface area (Å²) in [4.78, 5) is 0. The lowest BCUT2D eigenvalue weighted by Gasteiger charge is -2.02. The Balaban J connectivity index is 2.87. The Labute approximate surface area is 79.8 Å². The van der Waals surface area contributed by atoms with Crippen LogP contribution < -0.4 is 4.74 Å². The monoisotopic (exact) mass is 196 g/mol. The van der Waals surface area contributed by atoms with Crippen LogP contribution in [0.2, 0.25) is 0 Å². The van der Waals surface area contributed by atoms with Crippen molar-refractivity contribution in [2.75, 3.05) is 7.11 Å². The Morgan fingerprint density at radius 1 is 1.38 bits per heavy atom. The molecule has 2 aromatic rings. The van der Waals surface area contributed by atoms with Crippen molar-refractivity contribution in [1.82, 2.24) is 0 Å². The van der Waals surface area contributed by atoms with E-state index in [1.165, 1.54) is 16.7 Å². The molecule has 0 saturated heterocycles. The second kappa shape index (κ2) is 3.00. The zero-order chi connectivity index (χ0) is 9.42. The van der Waals surface area contributed by atoms with Crippen molar-refractivity contribution in [3.05, 3.63) is 28.9 Å². The van der Waals surface area contributed by atoms with E-state index in [9.17, 15) is 4.39 Å². The van der Waals surface area contributed by atoms with E-state index in [1.807, 2.05) is 19.1 Å². The highest BCUT2D eigenvalue weighted by Gasteiger charge is 2.10. The summed E-state index contributed by atoms with van der Waals surface area (Å²) in [6.07, 6.45) is 0. The van der Waals surface area contributed by atoms with Gasteiger partial charge in [-0.2, -0.15) is 0 Å². The molecule has 0 unspecified atom stereocenters. The Morgan fingerprint density at radius 2 is 2.15 bits per heavy atom. The van der Waals surface area contributed by atoms with Gasteiger partial charge in [0.25, 0.3) is 0 Å². The summed E-state index contributed by atoms with van der Waals surface area (Å²) in [6, 6.07) is 3.74. The number of fused-ring (bicyclic) bond motifs is 1. The number of halogens is 1. The Hall–Kier alpha value is -1.09. The van der Waals surface area contributed by atoms with Crippen molar-refractivity contribution in [3.63, 3.8) is 0 Å². The predicted octanol–water partition coefficient (Wildman–Crippen LogP) is 3.36. The molecule has 1 aromatic heterocycles. The van der Waals surface area contributed by atoms with Crippen LogP contribution in [0.5, 0.6) is 5.75 Å². The highest BCUT2D eigenvalue weighted by molar-refractivity contribution is 7.17. The lowest BCUT2D eigenvalue weighted by Crippen LogP contribution is -1.84. The van der Waals surface area contributed by atoms with Gasteiger partial charge in [0.15, 0.2) is 0 Å². The first-order chi connectivity index (χ1) is 6.24. The highest BCUT2D eigenvalue weighted by Crippen LogP contribution is 2.34. The van der Waals surface area contributed by atoms with Crippen molar-refractivity contribution in [2.45, 2.75) is 6.92 Å². The summed E-state index contributed by atoms with van der Waals surface area (Å²) in [5, 5.41) is 2.20. The first-order valence-corrected chi connectivity index (χ1v) is 4.82. The number of ether oxygens (including phenoxy) is 1. The van der Waals surface area contributed by atoms with Gasteiger partial charge in [-0.1, -0.05) is 6.07 Å². The molecule has 0 aliphatic carbocycles. The molecular formula is C10H9FOS. The number of rotatable bonds is 1. The summed E-state index contributed by atoms with van der Waals surface area (Å²) in [5.74, 6) is 0.589.